The third kappa shape index (κ3) is 6.51. The minimum Gasteiger partial charge on any atom is -0.407 e. The van der Waals surface area contributed by atoms with Gasteiger partial charge in [0.05, 0.1) is 13.2 Å². The molecule has 19 heavy (non-hydrogen) atoms. The molecule has 0 saturated carbocycles. The molecule has 0 aromatic carbocycles. The van der Waals surface area contributed by atoms with Crippen LogP contribution in [0.4, 0.5) is 6.01 Å². The van der Waals surface area contributed by atoms with Crippen molar-refractivity contribution in [2.24, 2.45) is 0 Å². The monoisotopic (exact) mass is 272 g/mol. The number of nitrogens with zero attached hydrogens (tertiary/aromatic N) is 3. The average molecular weight is 272 g/mol. The highest BCUT2D eigenvalue weighted by atomic mass is 16.5. The highest BCUT2D eigenvalue weighted by Gasteiger charge is 2.09. The smallest absolute Gasteiger partial charge is 0.317 e. The molecular formula is C12H24N4O3. The molecule has 0 aliphatic heterocycles. The molecule has 7 nitrogen and oxygen atoms in total. The normalized spacial score (nSPS) is 10.9. The van der Waals surface area contributed by atoms with Gasteiger partial charge < -0.3 is 24.5 Å². The van der Waals surface area contributed by atoms with E-state index in [1.165, 1.54) is 0 Å². The van der Waals surface area contributed by atoms with Gasteiger partial charge in [0.2, 0.25) is 5.89 Å². The van der Waals surface area contributed by atoms with Crippen LogP contribution >= 0.6 is 0 Å². The Labute approximate surface area is 114 Å². The lowest BCUT2D eigenvalue weighted by Gasteiger charge is -2.12. The van der Waals surface area contributed by atoms with Crippen LogP contribution in [0.5, 0.6) is 0 Å². The summed E-state index contributed by atoms with van der Waals surface area (Å²) in [4.78, 5) is 1.93. The number of rotatable bonds is 11. The van der Waals surface area contributed by atoms with E-state index in [-0.39, 0.29) is 6.61 Å². The zero-order valence-electron chi connectivity index (χ0n) is 11.8. The zero-order chi connectivity index (χ0) is 13.9. The molecule has 0 fully saturated rings. The Balaban J connectivity index is 2.24. The lowest BCUT2D eigenvalue weighted by atomic mass is 10.2. The van der Waals surface area contributed by atoms with E-state index in [1.807, 2.05) is 11.9 Å². The number of aromatic nitrogens is 2. The van der Waals surface area contributed by atoms with Crippen molar-refractivity contribution in [2.75, 3.05) is 45.4 Å². The van der Waals surface area contributed by atoms with Crippen LogP contribution in [0.3, 0.4) is 0 Å². The van der Waals surface area contributed by atoms with Crippen molar-refractivity contribution in [2.45, 2.75) is 25.8 Å². The standard InChI is InChI=1S/C12H24N4O3/c1-16(7-4-3-5-8-17)12-15-14-11(19-12)10-13-6-9-18-2/h13,17H,3-10H2,1-2H3. The molecule has 0 bridgehead atoms. The summed E-state index contributed by atoms with van der Waals surface area (Å²) in [5, 5.41) is 19.8. The molecule has 0 unspecified atom stereocenters. The minimum absolute atomic E-state index is 0.252. The van der Waals surface area contributed by atoms with Crippen LogP contribution in [0.1, 0.15) is 25.2 Å². The summed E-state index contributed by atoms with van der Waals surface area (Å²) in [6.07, 6.45) is 2.84. The van der Waals surface area contributed by atoms with E-state index in [2.05, 4.69) is 15.5 Å². The number of aliphatic hydroxyl groups excluding tert-OH is 1. The van der Waals surface area contributed by atoms with Crippen molar-refractivity contribution < 1.29 is 14.3 Å². The van der Waals surface area contributed by atoms with E-state index in [9.17, 15) is 0 Å². The van der Waals surface area contributed by atoms with Crippen LogP contribution in [-0.4, -0.2) is 55.8 Å². The maximum Gasteiger partial charge on any atom is 0.317 e. The number of hydrogen-bond donors (Lipinski definition) is 2. The molecule has 0 atom stereocenters. The first-order chi connectivity index (χ1) is 9.27. The third-order valence-electron chi connectivity index (χ3n) is 2.69. The molecule has 0 amide bonds. The van der Waals surface area contributed by atoms with Crippen molar-refractivity contribution in [1.29, 1.82) is 0 Å². The van der Waals surface area contributed by atoms with Crippen LogP contribution in [0, 0.1) is 0 Å². The van der Waals surface area contributed by atoms with Gasteiger partial charge in [0, 0.05) is 33.9 Å². The van der Waals surface area contributed by atoms with Crippen LogP contribution in [0.15, 0.2) is 4.42 Å². The Hall–Kier alpha value is -1.18. The Morgan fingerprint density at radius 2 is 2.16 bits per heavy atom. The molecule has 7 heteroatoms. The molecule has 0 saturated heterocycles. The second kappa shape index (κ2) is 9.71. The van der Waals surface area contributed by atoms with E-state index in [1.54, 1.807) is 7.11 Å². The Morgan fingerprint density at radius 3 is 2.89 bits per heavy atom. The summed E-state index contributed by atoms with van der Waals surface area (Å²) >= 11 is 0. The molecule has 0 radical (unpaired) electrons. The van der Waals surface area contributed by atoms with E-state index in [0.717, 1.165) is 32.4 Å². The van der Waals surface area contributed by atoms with Gasteiger partial charge in [-0.2, -0.15) is 0 Å². The number of unbranched alkanes of at least 4 members (excludes halogenated alkanes) is 2. The van der Waals surface area contributed by atoms with E-state index < -0.39 is 0 Å². The summed E-state index contributed by atoms with van der Waals surface area (Å²) in [5.74, 6) is 0.577. The van der Waals surface area contributed by atoms with Gasteiger partial charge in [0.1, 0.15) is 0 Å². The number of nitrogens with one attached hydrogen (secondary N) is 1. The van der Waals surface area contributed by atoms with Gasteiger partial charge in [-0.05, 0) is 19.3 Å². The first kappa shape index (κ1) is 15.9. The van der Waals surface area contributed by atoms with Crippen LogP contribution < -0.4 is 10.2 Å². The minimum atomic E-state index is 0.252. The second-order valence-corrected chi connectivity index (χ2v) is 4.35. The average Bonchev–Trinajstić information content (AvgIpc) is 2.88. The topological polar surface area (TPSA) is 83.7 Å². The molecule has 0 aliphatic rings. The molecular weight excluding hydrogens is 248 g/mol. The van der Waals surface area contributed by atoms with Gasteiger partial charge in [-0.1, -0.05) is 5.10 Å². The van der Waals surface area contributed by atoms with Gasteiger partial charge in [0.15, 0.2) is 0 Å². The molecule has 1 rings (SSSR count). The van der Waals surface area contributed by atoms with Crippen molar-refractivity contribution in [3.05, 3.63) is 5.89 Å². The molecule has 1 aromatic rings. The molecule has 0 spiro atoms. The van der Waals surface area contributed by atoms with E-state index in [4.69, 9.17) is 14.3 Å². The van der Waals surface area contributed by atoms with Crippen LogP contribution in [0.2, 0.25) is 0 Å². The predicted molar refractivity (Wildman–Crippen MR) is 72.1 cm³/mol. The van der Waals surface area contributed by atoms with Crippen molar-refractivity contribution in [3.8, 4) is 0 Å². The Kier molecular flexibility index (Phi) is 8.11. The largest absolute Gasteiger partial charge is 0.407 e. The summed E-state index contributed by atoms with van der Waals surface area (Å²) in [7, 11) is 3.59. The maximum absolute atomic E-state index is 8.70. The number of anilines is 1. The summed E-state index contributed by atoms with van der Waals surface area (Å²) < 4.78 is 10.5. The van der Waals surface area contributed by atoms with Gasteiger partial charge in [-0.3, -0.25) is 0 Å². The van der Waals surface area contributed by atoms with Crippen LogP contribution in [-0.2, 0) is 11.3 Å². The fourth-order valence-corrected chi connectivity index (χ4v) is 1.57. The van der Waals surface area contributed by atoms with Crippen LogP contribution in [0.25, 0.3) is 0 Å². The molecule has 2 N–H and O–H groups in total. The number of hydrogen-bond acceptors (Lipinski definition) is 7. The second-order valence-electron chi connectivity index (χ2n) is 4.35. The Morgan fingerprint density at radius 1 is 1.32 bits per heavy atom. The maximum atomic E-state index is 8.70. The SMILES string of the molecule is COCCNCc1nnc(N(C)CCCCCO)o1. The summed E-state index contributed by atoms with van der Waals surface area (Å²) in [6, 6.07) is 0.535. The van der Waals surface area contributed by atoms with Crippen molar-refractivity contribution in [3.63, 3.8) is 0 Å². The van der Waals surface area contributed by atoms with Gasteiger partial charge >= 0.3 is 6.01 Å². The zero-order valence-corrected chi connectivity index (χ0v) is 11.8. The number of aliphatic hydroxyl groups is 1. The number of ether oxygens (including phenoxy) is 1. The predicted octanol–water partition coefficient (Wildman–Crippen LogP) is 0.404. The lowest BCUT2D eigenvalue weighted by Crippen LogP contribution is -2.19. The molecule has 110 valence electrons. The van der Waals surface area contributed by atoms with E-state index in [0.29, 0.717) is 25.1 Å². The van der Waals surface area contributed by atoms with Gasteiger partial charge in [-0.15, -0.1) is 5.10 Å². The first-order valence-corrected chi connectivity index (χ1v) is 6.62. The third-order valence-corrected chi connectivity index (χ3v) is 2.69. The first-order valence-electron chi connectivity index (χ1n) is 6.62. The highest BCUT2D eigenvalue weighted by molar-refractivity contribution is 5.21. The quantitative estimate of drug-likeness (QED) is 0.564. The van der Waals surface area contributed by atoms with Crippen molar-refractivity contribution >= 4 is 6.01 Å². The lowest BCUT2D eigenvalue weighted by molar-refractivity contribution is 0.198. The summed E-state index contributed by atoms with van der Waals surface area (Å²) in [5.41, 5.74) is 0. The fraction of sp³-hybridized carbons (Fsp3) is 0.833. The Bertz CT molecular complexity index is 333. The number of methoxy groups -OCH3 is 1. The molecule has 1 aromatic heterocycles. The fourth-order valence-electron chi connectivity index (χ4n) is 1.57. The van der Waals surface area contributed by atoms with Gasteiger partial charge in [0.25, 0.3) is 0 Å². The van der Waals surface area contributed by atoms with E-state index >= 15 is 0 Å². The van der Waals surface area contributed by atoms with Gasteiger partial charge in [-0.25, -0.2) is 0 Å². The highest BCUT2D eigenvalue weighted by Crippen LogP contribution is 2.11. The molecule has 1 heterocycles. The summed E-state index contributed by atoms with van der Waals surface area (Å²) in [6.45, 7) is 3.06. The van der Waals surface area contributed by atoms with Crippen molar-refractivity contribution in [1.82, 2.24) is 15.5 Å². The molecule has 0 aliphatic carbocycles.